The molecule has 2 aromatic rings. The van der Waals surface area contributed by atoms with Crippen molar-refractivity contribution < 1.29 is 4.79 Å². The number of fused-ring (bicyclic) bond motifs is 1. The topological polar surface area (TPSA) is 33.2 Å². The molecule has 0 saturated heterocycles. The molecule has 0 fully saturated rings. The summed E-state index contributed by atoms with van der Waals surface area (Å²) in [6.45, 7) is 2.85. The number of aldehydes is 1. The number of nitrogens with zero attached hydrogens (tertiary/aromatic N) is 2. The minimum atomic E-state index is 0.661. The van der Waals surface area contributed by atoms with Crippen molar-refractivity contribution in [2.75, 3.05) is 11.4 Å². The highest BCUT2D eigenvalue weighted by Gasteiger charge is 2.18. The molecule has 0 N–H and O–H groups in total. The van der Waals surface area contributed by atoms with Crippen LogP contribution in [0.4, 0.5) is 11.5 Å². The third-order valence-corrected chi connectivity index (χ3v) is 3.63. The number of para-hydroxylation sites is 1. The number of hydrogen-bond acceptors (Lipinski definition) is 3. The predicted molar refractivity (Wildman–Crippen MR) is 76.1 cm³/mol. The summed E-state index contributed by atoms with van der Waals surface area (Å²) in [6.07, 6.45) is 3.11. The van der Waals surface area contributed by atoms with Crippen molar-refractivity contribution in [3.63, 3.8) is 0 Å². The number of benzene rings is 1. The van der Waals surface area contributed by atoms with Gasteiger partial charge in [0.1, 0.15) is 5.82 Å². The van der Waals surface area contributed by atoms with E-state index < -0.39 is 0 Å². The van der Waals surface area contributed by atoms with Crippen molar-refractivity contribution >= 4 is 17.8 Å². The number of carbonyl (C=O) groups is 1. The number of aryl methyl sites for hydroxylation is 2. The lowest BCUT2D eigenvalue weighted by Crippen LogP contribution is -2.25. The lowest BCUT2D eigenvalue weighted by molar-refractivity contribution is 0.112. The first-order chi connectivity index (χ1) is 9.29. The molecule has 1 aromatic carbocycles. The second-order valence-corrected chi connectivity index (χ2v) is 4.85. The Balaban J connectivity index is 2.04. The molecule has 19 heavy (non-hydrogen) atoms. The van der Waals surface area contributed by atoms with Crippen molar-refractivity contribution in [1.29, 1.82) is 0 Å². The lowest BCUT2D eigenvalue weighted by atomic mass is 10.0. The Morgan fingerprint density at radius 3 is 2.84 bits per heavy atom. The number of hydrogen-bond donors (Lipinski definition) is 0. The molecule has 0 atom stereocenters. The molecule has 0 bridgehead atoms. The Kier molecular flexibility index (Phi) is 3.03. The van der Waals surface area contributed by atoms with Gasteiger partial charge in [-0.05, 0) is 43.5 Å². The number of carbonyl (C=O) groups excluding carboxylic acids is 1. The maximum absolute atomic E-state index is 10.9. The number of pyridine rings is 1. The summed E-state index contributed by atoms with van der Waals surface area (Å²) in [5.41, 5.74) is 4.05. The first kappa shape index (κ1) is 11.9. The van der Waals surface area contributed by atoms with Gasteiger partial charge in [-0.3, -0.25) is 4.79 Å². The van der Waals surface area contributed by atoms with Crippen molar-refractivity contribution in [3.05, 3.63) is 53.2 Å². The van der Waals surface area contributed by atoms with E-state index in [-0.39, 0.29) is 0 Å². The molecule has 3 rings (SSSR count). The summed E-state index contributed by atoms with van der Waals surface area (Å²) in [6, 6.07) is 12.2. The third-order valence-electron chi connectivity index (χ3n) is 3.63. The van der Waals surface area contributed by atoms with Crippen LogP contribution in [-0.2, 0) is 6.42 Å². The van der Waals surface area contributed by atoms with Gasteiger partial charge in [-0.1, -0.05) is 18.2 Å². The van der Waals surface area contributed by atoms with Crippen LogP contribution in [0.1, 0.15) is 28.0 Å². The van der Waals surface area contributed by atoms with Gasteiger partial charge in [0.2, 0.25) is 0 Å². The van der Waals surface area contributed by atoms with E-state index in [1.165, 1.54) is 11.3 Å². The van der Waals surface area contributed by atoms with Gasteiger partial charge < -0.3 is 4.90 Å². The van der Waals surface area contributed by atoms with Gasteiger partial charge in [0.15, 0.2) is 6.29 Å². The van der Waals surface area contributed by atoms with Crippen molar-refractivity contribution in [2.24, 2.45) is 0 Å². The monoisotopic (exact) mass is 252 g/mol. The first-order valence-electron chi connectivity index (χ1n) is 6.58. The largest absolute Gasteiger partial charge is 0.326 e. The summed E-state index contributed by atoms with van der Waals surface area (Å²) in [7, 11) is 0. The van der Waals surface area contributed by atoms with E-state index in [1.54, 1.807) is 0 Å². The SMILES string of the molecule is Cc1nc(N2CCCc3ccccc32)ccc1C=O. The molecule has 0 saturated carbocycles. The molecule has 96 valence electrons. The molecule has 0 radical (unpaired) electrons. The van der Waals surface area contributed by atoms with Crippen LogP contribution in [0.25, 0.3) is 0 Å². The molecule has 2 heterocycles. The number of anilines is 2. The fourth-order valence-electron chi connectivity index (χ4n) is 2.61. The average Bonchev–Trinajstić information content (AvgIpc) is 2.46. The molecule has 1 aromatic heterocycles. The first-order valence-corrected chi connectivity index (χ1v) is 6.58. The van der Waals surface area contributed by atoms with Gasteiger partial charge in [0, 0.05) is 17.8 Å². The second kappa shape index (κ2) is 4.84. The zero-order chi connectivity index (χ0) is 13.2. The summed E-state index contributed by atoms with van der Waals surface area (Å²) in [5.74, 6) is 0.926. The third kappa shape index (κ3) is 2.12. The molecule has 0 unspecified atom stereocenters. The van der Waals surface area contributed by atoms with Gasteiger partial charge in [-0.2, -0.15) is 0 Å². The molecular weight excluding hydrogens is 236 g/mol. The average molecular weight is 252 g/mol. The van der Waals surface area contributed by atoms with Gasteiger partial charge in [-0.15, -0.1) is 0 Å². The zero-order valence-corrected chi connectivity index (χ0v) is 11.0. The molecule has 1 aliphatic rings. The minimum absolute atomic E-state index is 0.661. The Bertz CT molecular complexity index is 622. The van der Waals surface area contributed by atoms with Gasteiger partial charge in [0.05, 0.1) is 5.69 Å². The predicted octanol–water partition coefficient (Wildman–Crippen LogP) is 3.29. The highest BCUT2D eigenvalue weighted by atomic mass is 16.1. The molecule has 0 amide bonds. The Labute approximate surface area is 112 Å². The molecule has 3 nitrogen and oxygen atoms in total. The summed E-state index contributed by atoms with van der Waals surface area (Å²) >= 11 is 0. The van der Waals surface area contributed by atoms with Crippen molar-refractivity contribution in [1.82, 2.24) is 4.98 Å². The molecule has 0 spiro atoms. The van der Waals surface area contributed by atoms with E-state index in [4.69, 9.17) is 0 Å². The normalized spacial score (nSPS) is 14.1. The number of aromatic nitrogens is 1. The van der Waals surface area contributed by atoms with E-state index in [2.05, 4.69) is 34.1 Å². The standard InChI is InChI=1S/C16H16N2O/c1-12-14(11-19)8-9-16(17-12)18-10-4-6-13-5-2-3-7-15(13)18/h2-3,5,7-9,11H,4,6,10H2,1H3. The molecule has 1 aliphatic heterocycles. The van der Waals surface area contributed by atoms with Crippen LogP contribution >= 0.6 is 0 Å². The highest BCUT2D eigenvalue weighted by molar-refractivity contribution is 5.77. The minimum Gasteiger partial charge on any atom is -0.326 e. The van der Waals surface area contributed by atoms with E-state index in [1.807, 2.05) is 19.1 Å². The number of rotatable bonds is 2. The Morgan fingerprint density at radius 1 is 1.21 bits per heavy atom. The van der Waals surface area contributed by atoms with Crippen molar-refractivity contribution in [3.8, 4) is 0 Å². The highest BCUT2D eigenvalue weighted by Crippen LogP contribution is 2.32. The summed E-state index contributed by atoms with van der Waals surface area (Å²) in [4.78, 5) is 17.7. The fraction of sp³-hybridized carbons (Fsp3) is 0.250. The Morgan fingerprint density at radius 2 is 2.05 bits per heavy atom. The molecule has 0 aliphatic carbocycles. The lowest BCUT2D eigenvalue weighted by Gasteiger charge is -2.30. The van der Waals surface area contributed by atoms with Crippen LogP contribution in [0.2, 0.25) is 0 Å². The smallest absolute Gasteiger partial charge is 0.151 e. The van der Waals surface area contributed by atoms with E-state index in [0.717, 1.165) is 37.2 Å². The maximum Gasteiger partial charge on any atom is 0.151 e. The zero-order valence-electron chi connectivity index (χ0n) is 11.0. The van der Waals surface area contributed by atoms with E-state index >= 15 is 0 Å². The van der Waals surface area contributed by atoms with Gasteiger partial charge in [-0.25, -0.2) is 4.98 Å². The van der Waals surface area contributed by atoms with Crippen molar-refractivity contribution in [2.45, 2.75) is 19.8 Å². The van der Waals surface area contributed by atoms with Crippen LogP contribution in [0, 0.1) is 6.92 Å². The van der Waals surface area contributed by atoms with E-state index in [0.29, 0.717) is 5.56 Å². The molecule has 3 heteroatoms. The van der Waals surface area contributed by atoms with Crippen LogP contribution in [-0.4, -0.2) is 17.8 Å². The van der Waals surface area contributed by atoms with Gasteiger partial charge in [0.25, 0.3) is 0 Å². The second-order valence-electron chi connectivity index (χ2n) is 4.85. The van der Waals surface area contributed by atoms with Crippen LogP contribution < -0.4 is 4.90 Å². The van der Waals surface area contributed by atoms with Crippen LogP contribution in [0.3, 0.4) is 0 Å². The summed E-state index contributed by atoms with van der Waals surface area (Å²) < 4.78 is 0. The van der Waals surface area contributed by atoms with E-state index in [9.17, 15) is 4.79 Å². The van der Waals surface area contributed by atoms with Crippen LogP contribution in [0.15, 0.2) is 36.4 Å². The maximum atomic E-state index is 10.9. The molecular formula is C16H16N2O. The van der Waals surface area contributed by atoms with Gasteiger partial charge >= 0.3 is 0 Å². The fourth-order valence-corrected chi connectivity index (χ4v) is 2.61. The Hall–Kier alpha value is -2.16. The summed E-state index contributed by atoms with van der Waals surface area (Å²) in [5, 5.41) is 0. The van der Waals surface area contributed by atoms with Crippen LogP contribution in [0.5, 0.6) is 0 Å². The quantitative estimate of drug-likeness (QED) is 0.769.